The van der Waals surface area contributed by atoms with Crippen LogP contribution in [-0.2, 0) is 11.2 Å². The zero-order valence-corrected chi connectivity index (χ0v) is 14.6. The number of benzene rings is 1. The van der Waals surface area contributed by atoms with Crippen molar-refractivity contribution in [3.05, 3.63) is 41.8 Å². The monoisotopic (exact) mass is 333 g/mol. The van der Waals surface area contributed by atoms with Crippen LogP contribution in [0.25, 0.3) is 0 Å². The molecule has 1 unspecified atom stereocenters. The molecule has 6 heteroatoms. The molecular formula is C17H23N3O2S. The van der Waals surface area contributed by atoms with Gasteiger partial charge in [0.15, 0.2) is 0 Å². The van der Waals surface area contributed by atoms with Crippen LogP contribution in [0.4, 0.5) is 0 Å². The molecule has 0 spiro atoms. The summed E-state index contributed by atoms with van der Waals surface area (Å²) >= 11 is 1.27. The molecule has 0 aliphatic rings. The van der Waals surface area contributed by atoms with Gasteiger partial charge in [0.1, 0.15) is 0 Å². The molecule has 0 aliphatic heterocycles. The first-order valence-corrected chi connectivity index (χ1v) is 8.80. The minimum absolute atomic E-state index is 0.0129. The van der Waals surface area contributed by atoms with Crippen LogP contribution in [0, 0.1) is 5.92 Å². The largest absolute Gasteiger partial charge is 0.416 e. The zero-order valence-electron chi connectivity index (χ0n) is 13.8. The summed E-state index contributed by atoms with van der Waals surface area (Å²) < 4.78 is 5.61. The van der Waals surface area contributed by atoms with E-state index in [1.807, 2.05) is 18.2 Å². The van der Waals surface area contributed by atoms with Crippen molar-refractivity contribution in [2.45, 2.75) is 38.3 Å². The molecule has 1 amide bonds. The van der Waals surface area contributed by atoms with Gasteiger partial charge in [0, 0.05) is 13.0 Å². The number of carbonyl (C=O) groups excluding carboxylic acids is 1. The van der Waals surface area contributed by atoms with Crippen molar-refractivity contribution in [3.63, 3.8) is 0 Å². The average Bonchev–Trinajstić information content (AvgIpc) is 2.99. The Balaban J connectivity index is 1.80. The standard InChI is InChI=1S/C17H23N3O2S/c1-12(2)10-18-15(21)11-23-17-20-19-16(22-17)9-13(3)14-7-5-4-6-8-14/h4-8,12-13H,9-11H2,1-3H3,(H,18,21). The topological polar surface area (TPSA) is 68.0 Å². The van der Waals surface area contributed by atoms with Gasteiger partial charge in [-0.1, -0.05) is 62.9 Å². The van der Waals surface area contributed by atoms with E-state index in [1.165, 1.54) is 17.3 Å². The molecule has 5 nitrogen and oxygen atoms in total. The molecule has 0 saturated carbocycles. The second kappa shape index (κ2) is 8.72. The van der Waals surface area contributed by atoms with Gasteiger partial charge in [0.05, 0.1) is 5.75 Å². The molecule has 2 aromatic rings. The van der Waals surface area contributed by atoms with Gasteiger partial charge >= 0.3 is 0 Å². The Labute approximate surface area is 141 Å². The van der Waals surface area contributed by atoms with Crippen molar-refractivity contribution in [2.24, 2.45) is 5.92 Å². The fourth-order valence-corrected chi connectivity index (χ4v) is 2.65. The van der Waals surface area contributed by atoms with E-state index >= 15 is 0 Å². The zero-order chi connectivity index (χ0) is 16.7. The van der Waals surface area contributed by atoms with Crippen LogP contribution in [0.5, 0.6) is 0 Å². The maximum atomic E-state index is 11.7. The van der Waals surface area contributed by atoms with Crippen LogP contribution in [0.3, 0.4) is 0 Å². The first-order chi connectivity index (χ1) is 11.0. The predicted octanol–water partition coefficient (Wildman–Crippen LogP) is 3.28. The first kappa shape index (κ1) is 17.5. The third-order valence-corrected chi connectivity index (χ3v) is 4.15. The van der Waals surface area contributed by atoms with Crippen LogP contribution in [-0.4, -0.2) is 28.4 Å². The molecule has 0 fully saturated rings. The molecule has 0 aliphatic carbocycles. The molecule has 23 heavy (non-hydrogen) atoms. The highest BCUT2D eigenvalue weighted by Crippen LogP contribution is 2.22. The van der Waals surface area contributed by atoms with Gasteiger partial charge in [-0.25, -0.2) is 0 Å². The molecule has 124 valence electrons. The Morgan fingerprint density at radius 1 is 1.22 bits per heavy atom. The number of thioether (sulfide) groups is 1. The summed E-state index contributed by atoms with van der Waals surface area (Å²) in [5.41, 5.74) is 1.24. The number of nitrogens with zero attached hydrogens (tertiary/aromatic N) is 2. The molecule has 0 saturated heterocycles. The number of amides is 1. The highest BCUT2D eigenvalue weighted by atomic mass is 32.2. The van der Waals surface area contributed by atoms with E-state index in [1.54, 1.807) is 0 Å². The van der Waals surface area contributed by atoms with Crippen LogP contribution < -0.4 is 5.32 Å². The number of aromatic nitrogens is 2. The molecule has 1 N–H and O–H groups in total. The summed E-state index contributed by atoms with van der Waals surface area (Å²) in [6.07, 6.45) is 0.692. The maximum absolute atomic E-state index is 11.7. The number of hydrogen-bond acceptors (Lipinski definition) is 5. The minimum atomic E-state index is -0.0129. The lowest BCUT2D eigenvalue weighted by molar-refractivity contribution is -0.118. The molecule has 1 heterocycles. The van der Waals surface area contributed by atoms with E-state index in [4.69, 9.17) is 4.42 Å². The molecule has 1 aromatic carbocycles. The van der Waals surface area contributed by atoms with Gasteiger partial charge in [-0.15, -0.1) is 10.2 Å². The Morgan fingerprint density at radius 3 is 2.65 bits per heavy atom. The normalized spacial score (nSPS) is 12.3. The third kappa shape index (κ3) is 6.06. The van der Waals surface area contributed by atoms with Crippen molar-refractivity contribution >= 4 is 17.7 Å². The van der Waals surface area contributed by atoms with Gasteiger partial charge in [-0.3, -0.25) is 4.79 Å². The Hall–Kier alpha value is -1.82. The maximum Gasteiger partial charge on any atom is 0.277 e. The van der Waals surface area contributed by atoms with E-state index in [0.717, 1.165) is 0 Å². The SMILES string of the molecule is CC(C)CNC(=O)CSc1nnc(CC(C)c2ccccc2)o1. The number of carbonyl (C=O) groups is 1. The first-order valence-electron chi connectivity index (χ1n) is 7.81. The quantitative estimate of drug-likeness (QED) is 0.751. The van der Waals surface area contributed by atoms with Crippen LogP contribution in [0.2, 0.25) is 0 Å². The number of nitrogens with one attached hydrogen (secondary N) is 1. The van der Waals surface area contributed by atoms with Crippen molar-refractivity contribution in [3.8, 4) is 0 Å². The van der Waals surface area contributed by atoms with Crippen molar-refractivity contribution in [2.75, 3.05) is 12.3 Å². The molecule has 0 bridgehead atoms. The predicted molar refractivity (Wildman–Crippen MR) is 91.4 cm³/mol. The summed E-state index contributed by atoms with van der Waals surface area (Å²) in [6, 6.07) is 10.2. The fourth-order valence-electron chi connectivity index (χ4n) is 2.04. The second-order valence-corrected chi connectivity index (χ2v) is 6.89. The highest BCUT2D eigenvalue weighted by Gasteiger charge is 2.13. The molecule has 1 atom stereocenters. The summed E-state index contributed by atoms with van der Waals surface area (Å²) in [4.78, 5) is 11.7. The number of rotatable bonds is 8. The lowest BCUT2D eigenvalue weighted by Crippen LogP contribution is -2.28. The van der Waals surface area contributed by atoms with Crippen molar-refractivity contribution in [1.29, 1.82) is 0 Å². The molecule has 2 rings (SSSR count). The Morgan fingerprint density at radius 2 is 1.96 bits per heavy atom. The fraction of sp³-hybridized carbons (Fsp3) is 0.471. The van der Waals surface area contributed by atoms with Crippen molar-refractivity contribution < 1.29 is 9.21 Å². The lowest BCUT2D eigenvalue weighted by atomic mass is 9.98. The Bertz CT molecular complexity index is 613. The van der Waals surface area contributed by atoms with E-state index < -0.39 is 0 Å². The van der Waals surface area contributed by atoms with E-state index in [2.05, 4.69) is 48.4 Å². The molecule has 1 aromatic heterocycles. The lowest BCUT2D eigenvalue weighted by Gasteiger charge is -2.08. The van der Waals surface area contributed by atoms with Gasteiger partial charge < -0.3 is 9.73 Å². The van der Waals surface area contributed by atoms with Gasteiger partial charge in [0.2, 0.25) is 11.8 Å². The Kier molecular flexibility index (Phi) is 6.65. The van der Waals surface area contributed by atoms with Gasteiger partial charge in [-0.2, -0.15) is 0 Å². The van der Waals surface area contributed by atoms with Crippen molar-refractivity contribution in [1.82, 2.24) is 15.5 Å². The van der Waals surface area contributed by atoms with E-state index in [9.17, 15) is 4.79 Å². The highest BCUT2D eigenvalue weighted by molar-refractivity contribution is 7.99. The minimum Gasteiger partial charge on any atom is -0.416 e. The average molecular weight is 333 g/mol. The molecular weight excluding hydrogens is 310 g/mol. The summed E-state index contributed by atoms with van der Waals surface area (Å²) in [7, 11) is 0. The molecule has 0 radical (unpaired) electrons. The van der Waals surface area contributed by atoms with E-state index in [-0.39, 0.29) is 5.91 Å². The second-order valence-electron chi connectivity index (χ2n) is 5.96. The summed E-state index contributed by atoms with van der Waals surface area (Å²) in [6.45, 7) is 6.94. The number of hydrogen-bond donors (Lipinski definition) is 1. The van der Waals surface area contributed by atoms with Crippen LogP contribution >= 0.6 is 11.8 Å². The summed E-state index contributed by atoms with van der Waals surface area (Å²) in [5, 5.41) is 11.4. The van der Waals surface area contributed by atoms with Crippen LogP contribution in [0.1, 0.15) is 38.1 Å². The van der Waals surface area contributed by atoms with Gasteiger partial charge in [-0.05, 0) is 17.4 Å². The van der Waals surface area contributed by atoms with E-state index in [0.29, 0.717) is 41.7 Å². The summed E-state index contributed by atoms with van der Waals surface area (Å²) in [5.74, 6) is 1.64. The van der Waals surface area contributed by atoms with Crippen LogP contribution in [0.15, 0.2) is 40.0 Å². The van der Waals surface area contributed by atoms with Gasteiger partial charge in [0.25, 0.3) is 5.22 Å². The smallest absolute Gasteiger partial charge is 0.277 e. The third-order valence-electron chi connectivity index (χ3n) is 3.33.